The third kappa shape index (κ3) is 6.13. The average molecular weight is 424 g/mol. The Balaban J connectivity index is 3.16. The monoisotopic (exact) mass is 422 g/mol. The molecule has 1 aromatic carbocycles. The lowest BCUT2D eigenvalue weighted by molar-refractivity contribution is -0.0800. The summed E-state index contributed by atoms with van der Waals surface area (Å²) >= 11 is 6.09. The minimum atomic E-state index is -4.49. The van der Waals surface area contributed by atoms with E-state index in [0.29, 0.717) is 8.95 Å². The first-order valence-corrected chi connectivity index (χ1v) is 6.57. The SMILES string of the molecule is FC(F)(F)/C=C/c1cc(/C=C/C(F)(F)F)c(Br)cc1Br. The lowest BCUT2D eigenvalue weighted by Gasteiger charge is -2.06. The molecule has 0 N–H and O–H groups in total. The van der Waals surface area contributed by atoms with E-state index in [-0.39, 0.29) is 23.3 Å². The fraction of sp³-hybridized carbons (Fsp3) is 0.167. The standard InChI is InChI=1S/C12H6Br2F6/c13-9-6-10(14)8(2-4-12(18,19)20)5-7(9)1-3-11(15,16)17/h1-6H/b3-1+,4-2+. The fourth-order valence-electron chi connectivity index (χ4n) is 1.21. The topological polar surface area (TPSA) is 0 Å². The molecule has 110 valence electrons. The molecule has 0 aliphatic rings. The highest BCUT2D eigenvalue weighted by molar-refractivity contribution is 9.11. The molecule has 0 aliphatic carbocycles. The van der Waals surface area contributed by atoms with Gasteiger partial charge in [-0.1, -0.05) is 31.9 Å². The Labute approximate surface area is 127 Å². The second-order valence-electron chi connectivity index (χ2n) is 3.65. The van der Waals surface area contributed by atoms with Crippen molar-refractivity contribution in [2.24, 2.45) is 0 Å². The van der Waals surface area contributed by atoms with Gasteiger partial charge in [0.25, 0.3) is 0 Å². The Morgan fingerprint density at radius 3 is 1.35 bits per heavy atom. The maximum Gasteiger partial charge on any atom is 0.409 e. The molecule has 0 nitrogen and oxygen atoms in total. The number of hydrogen-bond donors (Lipinski definition) is 0. The number of benzene rings is 1. The van der Waals surface area contributed by atoms with Crippen LogP contribution in [0.15, 0.2) is 33.2 Å². The molecule has 0 heterocycles. The molecule has 0 saturated carbocycles. The maximum atomic E-state index is 12.1. The van der Waals surface area contributed by atoms with Crippen molar-refractivity contribution >= 4 is 44.0 Å². The van der Waals surface area contributed by atoms with Gasteiger partial charge in [0.15, 0.2) is 0 Å². The van der Waals surface area contributed by atoms with Crippen LogP contribution in [0.25, 0.3) is 12.2 Å². The van der Waals surface area contributed by atoms with Gasteiger partial charge in [0, 0.05) is 21.1 Å². The van der Waals surface area contributed by atoms with Crippen LogP contribution in [0.3, 0.4) is 0 Å². The number of halogens is 8. The van der Waals surface area contributed by atoms with Crippen molar-refractivity contribution in [3.63, 3.8) is 0 Å². The molecular formula is C12H6Br2F6. The molecule has 0 saturated heterocycles. The van der Waals surface area contributed by atoms with E-state index >= 15 is 0 Å². The van der Waals surface area contributed by atoms with Crippen molar-refractivity contribution in [2.45, 2.75) is 12.4 Å². The van der Waals surface area contributed by atoms with Crippen molar-refractivity contribution in [1.82, 2.24) is 0 Å². The molecule has 0 fully saturated rings. The molecular weight excluding hydrogens is 418 g/mol. The number of allylic oxidation sites excluding steroid dienone is 2. The van der Waals surface area contributed by atoms with Gasteiger partial charge in [-0.25, -0.2) is 0 Å². The van der Waals surface area contributed by atoms with E-state index in [1.807, 2.05) is 0 Å². The van der Waals surface area contributed by atoms with E-state index in [9.17, 15) is 26.3 Å². The summed E-state index contributed by atoms with van der Waals surface area (Å²) in [6.07, 6.45) is -7.40. The molecule has 0 radical (unpaired) electrons. The average Bonchev–Trinajstić information content (AvgIpc) is 2.24. The second-order valence-corrected chi connectivity index (χ2v) is 5.35. The van der Waals surface area contributed by atoms with Crippen molar-refractivity contribution in [3.05, 3.63) is 44.4 Å². The summed E-state index contributed by atoms with van der Waals surface area (Å²) in [7, 11) is 0. The Bertz CT molecular complexity index is 495. The number of alkyl halides is 6. The van der Waals surface area contributed by atoms with E-state index in [1.165, 1.54) is 12.1 Å². The Morgan fingerprint density at radius 2 is 1.05 bits per heavy atom. The summed E-state index contributed by atoms with van der Waals surface area (Å²) < 4.78 is 73.2. The van der Waals surface area contributed by atoms with Crippen LogP contribution in [0, 0.1) is 0 Å². The van der Waals surface area contributed by atoms with Crippen LogP contribution in [0.4, 0.5) is 26.3 Å². The fourth-order valence-corrected chi connectivity index (χ4v) is 2.47. The highest BCUT2D eigenvalue weighted by atomic mass is 79.9. The van der Waals surface area contributed by atoms with Crippen molar-refractivity contribution in [2.75, 3.05) is 0 Å². The normalized spacial score (nSPS) is 13.6. The Hall–Kier alpha value is -0.760. The molecule has 0 bridgehead atoms. The molecule has 1 rings (SSSR count). The largest absolute Gasteiger partial charge is 0.409 e. The smallest absolute Gasteiger partial charge is 0.167 e. The van der Waals surface area contributed by atoms with Crippen LogP contribution in [0.1, 0.15) is 11.1 Å². The van der Waals surface area contributed by atoms with Gasteiger partial charge in [0.1, 0.15) is 0 Å². The van der Waals surface area contributed by atoms with Crippen molar-refractivity contribution < 1.29 is 26.3 Å². The lowest BCUT2D eigenvalue weighted by Crippen LogP contribution is -2.01. The van der Waals surface area contributed by atoms with Crippen molar-refractivity contribution in [1.29, 1.82) is 0 Å². The summed E-state index contributed by atoms with van der Waals surface area (Å²) in [5.41, 5.74) is 0.236. The summed E-state index contributed by atoms with van der Waals surface area (Å²) in [6.45, 7) is 0. The van der Waals surface area contributed by atoms with E-state index < -0.39 is 12.4 Å². The molecule has 0 atom stereocenters. The predicted octanol–water partition coefficient (Wildman–Crippen LogP) is 6.36. The summed E-state index contributed by atoms with van der Waals surface area (Å²) in [4.78, 5) is 0. The molecule has 1 aromatic rings. The maximum absolute atomic E-state index is 12.1. The minimum absolute atomic E-state index is 0.0122. The van der Waals surface area contributed by atoms with Gasteiger partial charge in [0.2, 0.25) is 0 Å². The first kappa shape index (κ1) is 17.3. The van der Waals surface area contributed by atoms with Crippen LogP contribution in [0.2, 0.25) is 0 Å². The quantitative estimate of drug-likeness (QED) is 0.485. The highest BCUT2D eigenvalue weighted by Gasteiger charge is 2.23. The van der Waals surface area contributed by atoms with E-state index in [1.54, 1.807) is 0 Å². The Kier molecular flexibility index (Phi) is 5.48. The summed E-state index contributed by atoms with van der Waals surface area (Å²) in [5.74, 6) is 0. The van der Waals surface area contributed by atoms with Crippen LogP contribution >= 0.6 is 31.9 Å². The predicted molar refractivity (Wildman–Crippen MR) is 72.0 cm³/mol. The molecule has 20 heavy (non-hydrogen) atoms. The molecule has 0 aliphatic heterocycles. The zero-order valence-corrected chi connectivity index (χ0v) is 12.7. The zero-order chi connectivity index (χ0) is 15.6. The van der Waals surface area contributed by atoms with Gasteiger partial charge in [-0.15, -0.1) is 0 Å². The van der Waals surface area contributed by atoms with Gasteiger partial charge in [-0.3, -0.25) is 0 Å². The van der Waals surface area contributed by atoms with E-state index in [4.69, 9.17) is 0 Å². The number of hydrogen-bond acceptors (Lipinski definition) is 0. The Morgan fingerprint density at radius 1 is 0.700 bits per heavy atom. The third-order valence-corrected chi connectivity index (χ3v) is 3.39. The van der Waals surface area contributed by atoms with Crippen LogP contribution in [0.5, 0.6) is 0 Å². The molecule has 8 heteroatoms. The first-order chi connectivity index (χ1) is 8.98. The summed E-state index contributed by atoms with van der Waals surface area (Å²) in [6, 6.07) is 2.59. The van der Waals surface area contributed by atoms with Gasteiger partial charge in [-0.05, 0) is 35.4 Å². The summed E-state index contributed by atoms with van der Waals surface area (Å²) in [5, 5.41) is 0. The van der Waals surface area contributed by atoms with Crippen LogP contribution in [-0.2, 0) is 0 Å². The number of rotatable bonds is 2. The second kappa shape index (κ2) is 6.34. The molecule has 0 amide bonds. The minimum Gasteiger partial charge on any atom is -0.167 e. The van der Waals surface area contributed by atoms with Gasteiger partial charge < -0.3 is 0 Å². The van der Waals surface area contributed by atoms with Crippen molar-refractivity contribution in [3.8, 4) is 0 Å². The molecule has 0 spiro atoms. The van der Waals surface area contributed by atoms with Gasteiger partial charge in [0.05, 0.1) is 0 Å². The van der Waals surface area contributed by atoms with E-state index in [2.05, 4.69) is 31.9 Å². The van der Waals surface area contributed by atoms with Crippen LogP contribution < -0.4 is 0 Å². The van der Waals surface area contributed by atoms with E-state index in [0.717, 1.165) is 12.2 Å². The third-order valence-electron chi connectivity index (χ3n) is 2.02. The van der Waals surface area contributed by atoms with Gasteiger partial charge >= 0.3 is 12.4 Å². The zero-order valence-electron chi connectivity index (χ0n) is 9.49. The molecule has 0 aromatic heterocycles. The highest BCUT2D eigenvalue weighted by Crippen LogP contribution is 2.30. The van der Waals surface area contributed by atoms with Crippen LogP contribution in [-0.4, -0.2) is 12.4 Å². The lowest BCUT2D eigenvalue weighted by atomic mass is 10.1. The first-order valence-electron chi connectivity index (χ1n) is 4.99. The molecule has 0 unspecified atom stereocenters. The van der Waals surface area contributed by atoms with Gasteiger partial charge in [-0.2, -0.15) is 26.3 Å².